The van der Waals surface area contributed by atoms with Crippen LogP contribution in [0, 0.1) is 6.92 Å². The van der Waals surface area contributed by atoms with Crippen molar-refractivity contribution in [2.45, 2.75) is 24.7 Å². The van der Waals surface area contributed by atoms with Gasteiger partial charge in [-0.1, -0.05) is 12.1 Å². The number of H-pyrrole nitrogens is 1. The summed E-state index contributed by atoms with van der Waals surface area (Å²) in [5.74, 6) is -0.156. The number of fused-ring (bicyclic) bond motifs is 1. The van der Waals surface area contributed by atoms with E-state index in [-0.39, 0.29) is 22.4 Å². The highest BCUT2D eigenvalue weighted by atomic mass is 32.2. The Bertz CT molecular complexity index is 1040. The number of rotatable bonds is 4. The molecule has 8 nitrogen and oxygen atoms in total. The van der Waals surface area contributed by atoms with Crippen LogP contribution in [-0.4, -0.2) is 41.7 Å². The summed E-state index contributed by atoms with van der Waals surface area (Å²) in [6, 6.07) is 8.65. The number of carbonyl (C=O) groups excluding carboxylic acids is 1. The molecule has 1 saturated heterocycles. The smallest absolute Gasteiger partial charge is 0.293 e. The van der Waals surface area contributed by atoms with E-state index in [1.165, 1.54) is 10.4 Å². The van der Waals surface area contributed by atoms with E-state index in [4.69, 9.17) is 4.42 Å². The van der Waals surface area contributed by atoms with E-state index >= 15 is 0 Å². The van der Waals surface area contributed by atoms with Crippen molar-refractivity contribution < 1.29 is 17.6 Å². The fourth-order valence-corrected chi connectivity index (χ4v) is 4.76. The Kier molecular flexibility index (Phi) is 4.04. The second-order valence-corrected chi connectivity index (χ2v) is 8.11. The Balaban J connectivity index is 1.59. The highest BCUT2D eigenvalue weighted by Crippen LogP contribution is 2.26. The normalized spacial score (nSPS) is 15.6. The number of hydrogen-bond donors (Lipinski definition) is 2. The monoisotopic (exact) mass is 374 g/mol. The molecule has 1 amide bonds. The first kappa shape index (κ1) is 16.8. The van der Waals surface area contributed by atoms with E-state index in [1.807, 2.05) is 24.3 Å². The molecule has 3 heterocycles. The molecule has 4 rings (SSSR count). The molecule has 0 spiro atoms. The van der Waals surface area contributed by atoms with Crippen molar-refractivity contribution in [1.82, 2.24) is 14.3 Å². The summed E-state index contributed by atoms with van der Waals surface area (Å²) in [4.78, 5) is 19.7. The highest BCUT2D eigenvalue weighted by Gasteiger charge is 2.31. The number of aromatic amines is 1. The van der Waals surface area contributed by atoms with Gasteiger partial charge in [0.15, 0.2) is 5.76 Å². The van der Waals surface area contributed by atoms with Crippen molar-refractivity contribution in [2.75, 3.05) is 18.4 Å². The summed E-state index contributed by atoms with van der Waals surface area (Å²) in [7, 11) is -3.64. The lowest BCUT2D eigenvalue weighted by Gasteiger charge is -2.14. The first-order valence-electron chi connectivity index (χ1n) is 8.32. The molecule has 136 valence electrons. The molecule has 0 atom stereocenters. The molecule has 1 fully saturated rings. The lowest BCUT2D eigenvalue weighted by atomic mass is 10.3. The summed E-state index contributed by atoms with van der Waals surface area (Å²) < 4.78 is 32.2. The first-order chi connectivity index (χ1) is 12.4. The topological polar surface area (TPSA) is 108 Å². The Hall–Kier alpha value is -2.65. The maximum Gasteiger partial charge on any atom is 0.293 e. The Morgan fingerprint density at radius 3 is 2.73 bits per heavy atom. The third kappa shape index (κ3) is 2.89. The minimum absolute atomic E-state index is 0.0363. The molecule has 1 aliphatic heterocycles. The number of furan rings is 1. The van der Waals surface area contributed by atoms with Gasteiger partial charge in [-0.15, -0.1) is 0 Å². The van der Waals surface area contributed by atoms with Gasteiger partial charge in [-0.2, -0.15) is 4.31 Å². The van der Waals surface area contributed by atoms with Gasteiger partial charge in [-0.25, -0.2) is 13.4 Å². The molecule has 0 radical (unpaired) electrons. The van der Waals surface area contributed by atoms with Crippen molar-refractivity contribution in [2.24, 2.45) is 0 Å². The molecule has 1 aromatic carbocycles. The molecule has 2 N–H and O–H groups in total. The zero-order valence-electron chi connectivity index (χ0n) is 14.2. The number of amides is 1. The van der Waals surface area contributed by atoms with Gasteiger partial charge in [0.1, 0.15) is 10.7 Å². The molecule has 0 aliphatic carbocycles. The predicted octanol–water partition coefficient (Wildman–Crippen LogP) is 2.50. The van der Waals surface area contributed by atoms with Crippen LogP contribution in [0.4, 0.5) is 5.95 Å². The minimum atomic E-state index is -3.64. The van der Waals surface area contributed by atoms with Crippen molar-refractivity contribution in [3.05, 3.63) is 41.9 Å². The average molecular weight is 374 g/mol. The van der Waals surface area contributed by atoms with Crippen molar-refractivity contribution in [1.29, 1.82) is 0 Å². The number of hydrogen-bond acceptors (Lipinski definition) is 5. The second kappa shape index (κ2) is 6.26. The fraction of sp³-hybridized carbons (Fsp3) is 0.294. The standard InChI is InChI=1S/C17H18N4O4S/c1-11-15(26(23,24)21-8-4-5-9-21)10-14(25-11)16(22)20-17-18-12-6-2-3-7-13(12)19-17/h2-3,6-7,10H,4-5,8-9H2,1H3,(H2,18,19,20,22). The SMILES string of the molecule is Cc1oc(C(=O)Nc2nc3ccccc3[nH]2)cc1S(=O)(=O)N1CCCC1. The van der Waals surface area contributed by atoms with E-state index in [2.05, 4.69) is 15.3 Å². The number of carbonyl (C=O) groups is 1. The number of para-hydroxylation sites is 2. The van der Waals surface area contributed by atoms with Crippen LogP contribution >= 0.6 is 0 Å². The molecular weight excluding hydrogens is 356 g/mol. The maximum atomic E-state index is 12.7. The van der Waals surface area contributed by atoms with E-state index in [0.29, 0.717) is 13.1 Å². The van der Waals surface area contributed by atoms with E-state index < -0.39 is 15.9 Å². The number of nitrogens with one attached hydrogen (secondary N) is 2. The number of imidazole rings is 1. The zero-order valence-corrected chi connectivity index (χ0v) is 15.0. The van der Waals surface area contributed by atoms with Gasteiger partial charge in [0.25, 0.3) is 5.91 Å². The number of aromatic nitrogens is 2. The summed E-state index contributed by atoms with van der Waals surface area (Å²) >= 11 is 0. The minimum Gasteiger partial charge on any atom is -0.455 e. The summed E-state index contributed by atoms with van der Waals surface area (Å²) in [5, 5.41) is 2.60. The molecule has 26 heavy (non-hydrogen) atoms. The van der Waals surface area contributed by atoms with Gasteiger partial charge in [0, 0.05) is 19.2 Å². The third-order valence-electron chi connectivity index (χ3n) is 4.40. The Morgan fingerprint density at radius 1 is 1.27 bits per heavy atom. The number of benzene rings is 1. The van der Waals surface area contributed by atoms with Crippen LogP contribution in [0.25, 0.3) is 11.0 Å². The van der Waals surface area contributed by atoms with Crippen LogP contribution < -0.4 is 5.32 Å². The molecule has 2 aromatic heterocycles. The third-order valence-corrected chi connectivity index (χ3v) is 6.41. The highest BCUT2D eigenvalue weighted by molar-refractivity contribution is 7.89. The summed E-state index contributed by atoms with van der Waals surface area (Å²) in [6.07, 6.45) is 1.69. The molecule has 0 unspecified atom stereocenters. The van der Waals surface area contributed by atoms with Gasteiger partial charge in [-0.05, 0) is 31.9 Å². The van der Waals surface area contributed by atoms with Crippen LogP contribution in [0.5, 0.6) is 0 Å². The lowest BCUT2D eigenvalue weighted by Crippen LogP contribution is -2.28. The second-order valence-electron chi connectivity index (χ2n) is 6.20. The average Bonchev–Trinajstić information content (AvgIpc) is 3.33. The number of aryl methyl sites for hydroxylation is 1. The lowest BCUT2D eigenvalue weighted by molar-refractivity contribution is 0.0994. The zero-order chi connectivity index (χ0) is 18.3. The quantitative estimate of drug-likeness (QED) is 0.729. The van der Waals surface area contributed by atoms with Gasteiger partial charge in [-0.3, -0.25) is 10.1 Å². The van der Waals surface area contributed by atoms with Crippen LogP contribution in [-0.2, 0) is 10.0 Å². The number of anilines is 1. The summed E-state index contributed by atoms with van der Waals surface area (Å²) in [5.41, 5.74) is 1.51. The summed E-state index contributed by atoms with van der Waals surface area (Å²) in [6.45, 7) is 2.53. The van der Waals surface area contributed by atoms with Crippen LogP contribution in [0.2, 0.25) is 0 Å². The first-order valence-corrected chi connectivity index (χ1v) is 9.76. The number of nitrogens with zero attached hydrogens (tertiary/aromatic N) is 2. The maximum absolute atomic E-state index is 12.7. The molecular formula is C17H18N4O4S. The van der Waals surface area contributed by atoms with Crippen LogP contribution in [0.3, 0.4) is 0 Å². The number of sulfonamides is 1. The van der Waals surface area contributed by atoms with E-state index in [0.717, 1.165) is 23.9 Å². The van der Waals surface area contributed by atoms with Crippen molar-refractivity contribution in [3.8, 4) is 0 Å². The fourth-order valence-electron chi connectivity index (χ4n) is 3.08. The molecule has 3 aromatic rings. The van der Waals surface area contributed by atoms with Crippen molar-refractivity contribution >= 4 is 32.9 Å². The van der Waals surface area contributed by atoms with Crippen LogP contribution in [0.15, 0.2) is 39.6 Å². The van der Waals surface area contributed by atoms with Crippen LogP contribution in [0.1, 0.15) is 29.2 Å². The van der Waals surface area contributed by atoms with E-state index in [1.54, 1.807) is 6.92 Å². The largest absolute Gasteiger partial charge is 0.455 e. The van der Waals surface area contributed by atoms with Crippen molar-refractivity contribution in [3.63, 3.8) is 0 Å². The predicted molar refractivity (Wildman–Crippen MR) is 95.5 cm³/mol. The van der Waals surface area contributed by atoms with Gasteiger partial charge in [0.05, 0.1) is 11.0 Å². The Morgan fingerprint density at radius 2 is 2.00 bits per heavy atom. The van der Waals surface area contributed by atoms with E-state index in [9.17, 15) is 13.2 Å². The van der Waals surface area contributed by atoms with Gasteiger partial charge >= 0.3 is 0 Å². The Labute approximate surface area is 150 Å². The molecule has 1 aliphatic rings. The molecule has 0 saturated carbocycles. The van der Waals surface area contributed by atoms with Gasteiger partial charge < -0.3 is 9.40 Å². The molecule has 0 bridgehead atoms. The van der Waals surface area contributed by atoms with Gasteiger partial charge in [0.2, 0.25) is 16.0 Å². The molecule has 9 heteroatoms.